The molecule has 28 heavy (non-hydrogen) atoms. The van der Waals surface area contributed by atoms with Crippen LogP contribution >= 0.6 is 0 Å². The second kappa shape index (κ2) is 9.28. The Kier molecular flexibility index (Phi) is 6.78. The molecule has 1 aliphatic carbocycles. The van der Waals surface area contributed by atoms with Crippen molar-refractivity contribution < 1.29 is 13.2 Å². The van der Waals surface area contributed by atoms with Crippen LogP contribution in [0.2, 0.25) is 0 Å². The van der Waals surface area contributed by atoms with Crippen LogP contribution in [0.5, 0.6) is 0 Å². The summed E-state index contributed by atoms with van der Waals surface area (Å²) in [6.45, 7) is 2.16. The Morgan fingerprint density at radius 3 is 2.32 bits per heavy atom. The second-order valence-corrected chi connectivity index (χ2v) is 7.79. The maximum absolute atomic E-state index is 14.7. The Morgan fingerprint density at radius 2 is 1.64 bits per heavy atom. The number of fused-ring (bicyclic) bond motifs is 1. The summed E-state index contributed by atoms with van der Waals surface area (Å²) in [5, 5.41) is 8.96. The van der Waals surface area contributed by atoms with E-state index in [1.54, 1.807) is 6.07 Å². The van der Waals surface area contributed by atoms with Gasteiger partial charge in [-0.1, -0.05) is 32.6 Å². The Balaban J connectivity index is 1.74. The van der Waals surface area contributed by atoms with E-state index in [0.717, 1.165) is 30.4 Å². The van der Waals surface area contributed by atoms with Crippen LogP contribution in [0.1, 0.15) is 79.2 Å². The molecule has 0 heterocycles. The predicted octanol–water partition coefficient (Wildman–Crippen LogP) is 6.76. The van der Waals surface area contributed by atoms with E-state index >= 15 is 0 Å². The fraction of sp³-hybridized carbons (Fsp3) is 0.458. The van der Waals surface area contributed by atoms with Gasteiger partial charge in [-0.2, -0.15) is 5.26 Å². The van der Waals surface area contributed by atoms with Crippen LogP contribution in [-0.2, 0) is 19.3 Å². The van der Waals surface area contributed by atoms with Gasteiger partial charge in [0.05, 0.1) is 5.56 Å². The lowest BCUT2D eigenvalue weighted by Crippen LogP contribution is -2.16. The maximum Gasteiger partial charge on any atom is 0.141 e. The van der Waals surface area contributed by atoms with E-state index in [2.05, 4.69) is 6.92 Å². The molecule has 148 valence electrons. The van der Waals surface area contributed by atoms with Crippen molar-refractivity contribution in [3.05, 3.63) is 69.5 Å². The van der Waals surface area contributed by atoms with E-state index in [1.165, 1.54) is 31.0 Å². The number of halogens is 3. The van der Waals surface area contributed by atoms with Gasteiger partial charge in [-0.15, -0.1) is 0 Å². The van der Waals surface area contributed by atoms with E-state index in [9.17, 15) is 13.2 Å². The molecule has 2 aromatic carbocycles. The highest BCUT2D eigenvalue weighted by Gasteiger charge is 2.27. The fourth-order valence-electron chi connectivity index (χ4n) is 4.22. The molecule has 3 rings (SSSR count). The number of unbranched alkanes of at least 4 members (excludes halogenated alkanes) is 4. The Labute approximate surface area is 165 Å². The van der Waals surface area contributed by atoms with E-state index in [1.807, 2.05) is 6.07 Å². The zero-order chi connectivity index (χ0) is 20.1. The molecule has 0 radical (unpaired) electrons. The molecule has 0 spiro atoms. The molecule has 0 N–H and O–H groups in total. The van der Waals surface area contributed by atoms with Crippen molar-refractivity contribution in [2.45, 2.75) is 70.6 Å². The number of benzene rings is 2. The number of hydrogen-bond donors (Lipinski definition) is 0. The van der Waals surface area contributed by atoms with Gasteiger partial charge in [0.1, 0.15) is 23.5 Å². The van der Waals surface area contributed by atoms with Crippen molar-refractivity contribution >= 4 is 0 Å². The average molecular weight is 385 g/mol. The summed E-state index contributed by atoms with van der Waals surface area (Å²) in [7, 11) is 0. The highest BCUT2D eigenvalue weighted by atomic mass is 19.1. The van der Waals surface area contributed by atoms with Crippen molar-refractivity contribution in [2.75, 3.05) is 0 Å². The van der Waals surface area contributed by atoms with Crippen LogP contribution in [0.4, 0.5) is 13.2 Å². The van der Waals surface area contributed by atoms with Crippen molar-refractivity contribution in [3.63, 3.8) is 0 Å². The minimum atomic E-state index is -0.568. The summed E-state index contributed by atoms with van der Waals surface area (Å²) in [5.41, 5.74) is 2.49. The zero-order valence-corrected chi connectivity index (χ0v) is 16.3. The predicted molar refractivity (Wildman–Crippen MR) is 105 cm³/mol. The molecule has 1 nitrogen and oxygen atoms in total. The van der Waals surface area contributed by atoms with Crippen LogP contribution in [0.3, 0.4) is 0 Å². The summed E-state index contributed by atoms with van der Waals surface area (Å²) in [5.74, 6) is -1.86. The number of nitrogens with zero attached hydrogens (tertiary/aromatic N) is 1. The first-order chi connectivity index (χ1) is 13.5. The summed E-state index contributed by atoms with van der Waals surface area (Å²) < 4.78 is 43.4. The molecule has 0 bridgehead atoms. The SMILES string of the molecule is CCCCCCCc1cc(F)c(C2CCc3cc(C#N)c(F)cc3C2)c(F)c1. The summed E-state index contributed by atoms with van der Waals surface area (Å²) >= 11 is 0. The van der Waals surface area contributed by atoms with Crippen molar-refractivity contribution in [1.82, 2.24) is 0 Å². The Hall–Kier alpha value is -2.28. The first-order valence-electron chi connectivity index (χ1n) is 10.2. The number of nitriles is 1. The van der Waals surface area contributed by atoms with Crippen LogP contribution in [0.25, 0.3) is 0 Å². The molecule has 1 atom stereocenters. The lowest BCUT2D eigenvalue weighted by molar-refractivity contribution is 0.487. The Bertz CT molecular complexity index is 859. The molecule has 2 aromatic rings. The normalized spacial score (nSPS) is 15.9. The van der Waals surface area contributed by atoms with Crippen molar-refractivity contribution in [2.24, 2.45) is 0 Å². The maximum atomic E-state index is 14.7. The van der Waals surface area contributed by atoms with Crippen LogP contribution in [0, 0.1) is 28.8 Å². The van der Waals surface area contributed by atoms with E-state index in [4.69, 9.17) is 5.26 Å². The van der Waals surface area contributed by atoms with Gasteiger partial charge in [0.25, 0.3) is 0 Å². The minimum Gasteiger partial charge on any atom is -0.207 e. The first kappa shape index (κ1) is 20.5. The number of hydrogen-bond acceptors (Lipinski definition) is 1. The molecule has 0 aliphatic heterocycles. The molecule has 0 amide bonds. The molecule has 4 heteroatoms. The van der Waals surface area contributed by atoms with E-state index in [-0.39, 0.29) is 17.0 Å². The standard InChI is InChI=1S/C24H26F3N/c1-2-3-4-5-6-7-16-10-22(26)24(23(27)11-16)18-9-8-17-12-20(15-28)21(25)14-19(17)13-18/h10-12,14,18H,2-9,13H2,1H3. The van der Waals surface area contributed by atoms with Crippen LogP contribution < -0.4 is 0 Å². The van der Waals surface area contributed by atoms with Crippen molar-refractivity contribution in [3.8, 4) is 6.07 Å². The zero-order valence-electron chi connectivity index (χ0n) is 16.3. The smallest absolute Gasteiger partial charge is 0.141 e. The summed E-state index contributed by atoms with van der Waals surface area (Å²) in [6, 6.07) is 7.69. The molecule has 1 unspecified atom stereocenters. The third-order valence-electron chi connectivity index (χ3n) is 5.75. The molecule has 0 saturated heterocycles. The van der Waals surface area contributed by atoms with Crippen LogP contribution in [0.15, 0.2) is 24.3 Å². The lowest BCUT2D eigenvalue weighted by Gasteiger charge is -2.26. The molecule has 1 aliphatic rings. The average Bonchev–Trinajstić information content (AvgIpc) is 2.66. The molecule has 0 aromatic heterocycles. The number of rotatable bonds is 7. The minimum absolute atomic E-state index is 0.0258. The topological polar surface area (TPSA) is 23.8 Å². The summed E-state index contributed by atoms with van der Waals surface area (Å²) in [4.78, 5) is 0. The van der Waals surface area contributed by atoms with Gasteiger partial charge in [0.15, 0.2) is 0 Å². The first-order valence-corrected chi connectivity index (χ1v) is 10.2. The van der Waals surface area contributed by atoms with Gasteiger partial charge < -0.3 is 0 Å². The molecular weight excluding hydrogens is 359 g/mol. The van der Waals surface area contributed by atoms with Gasteiger partial charge >= 0.3 is 0 Å². The Morgan fingerprint density at radius 1 is 0.929 bits per heavy atom. The molecule has 0 fully saturated rings. The van der Waals surface area contributed by atoms with Gasteiger partial charge in [-0.05, 0) is 79.0 Å². The number of aryl methyl sites for hydroxylation is 2. The molecular formula is C24H26F3N. The fourth-order valence-corrected chi connectivity index (χ4v) is 4.22. The summed E-state index contributed by atoms with van der Waals surface area (Å²) in [6.07, 6.45) is 7.80. The quantitative estimate of drug-likeness (QED) is 0.483. The second-order valence-electron chi connectivity index (χ2n) is 7.79. The third kappa shape index (κ3) is 4.58. The largest absolute Gasteiger partial charge is 0.207 e. The van der Waals surface area contributed by atoms with Crippen LogP contribution in [-0.4, -0.2) is 0 Å². The van der Waals surface area contributed by atoms with Gasteiger partial charge in [-0.3, -0.25) is 0 Å². The van der Waals surface area contributed by atoms with Gasteiger partial charge in [0, 0.05) is 5.56 Å². The highest BCUT2D eigenvalue weighted by molar-refractivity contribution is 5.42. The highest BCUT2D eigenvalue weighted by Crippen LogP contribution is 2.36. The lowest BCUT2D eigenvalue weighted by atomic mass is 9.79. The van der Waals surface area contributed by atoms with Gasteiger partial charge in [0.2, 0.25) is 0 Å². The monoisotopic (exact) mass is 385 g/mol. The van der Waals surface area contributed by atoms with Crippen molar-refractivity contribution in [1.29, 1.82) is 5.26 Å². The molecule has 0 saturated carbocycles. The van der Waals surface area contributed by atoms with E-state index < -0.39 is 17.5 Å². The van der Waals surface area contributed by atoms with Gasteiger partial charge in [-0.25, -0.2) is 13.2 Å². The third-order valence-corrected chi connectivity index (χ3v) is 5.75. The van der Waals surface area contributed by atoms with E-state index in [0.29, 0.717) is 31.2 Å².